The van der Waals surface area contributed by atoms with Crippen LogP contribution in [0.4, 0.5) is 0 Å². The summed E-state index contributed by atoms with van der Waals surface area (Å²) < 4.78 is 15.4. The van der Waals surface area contributed by atoms with Gasteiger partial charge in [-0.2, -0.15) is 0 Å². The molecule has 0 saturated carbocycles. The minimum absolute atomic E-state index is 0.0398. The molecule has 1 aliphatic heterocycles. The highest BCUT2D eigenvalue weighted by Gasteiger charge is 2.35. The molecule has 1 unspecified atom stereocenters. The van der Waals surface area contributed by atoms with Crippen LogP contribution in [-0.2, 0) is 13.9 Å². The highest BCUT2D eigenvalue weighted by atomic mass is 35.6. The largest absolute Gasteiger partial charge is 0.468 e. The number of halogens is 3. The fourth-order valence-electron chi connectivity index (χ4n) is 1.73. The molecular formula is C14H24Cl3NO3Si. The second-order valence-electron chi connectivity index (χ2n) is 6.52. The van der Waals surface area contributed by atoms with Gasteiger partial charge in [0.2, 0.25) is 5.90 Å². The topological polar surface area (TPSA) is 51.5 Å². The summed E-state index contributed by atoms with van der Waals surface area (Å²) in [5.41, 5.74) is 0. The molecule has 4 nitrogen and oxygen atoms in total. The van der Waals surface area contributed by atoms with E-state index >= 15 is 0 Å². The summed E-state index contributed by atoms with van der Waals surface area (Å²) >= 11 is 17.0. The zero-order valence-electron chi connectivity index (χ0n) is 13.5. The van der Waals surface area contributed by atoms with Crippen molar-refractivity contribution in [2.45, 2.75) is 61.4 Å². The SMILES string of the molecule is C[C@@H]1C=C[C@H](OC(=N)C(Cl)(Cl)Cl)[C@@H](CO[SiH](C)C(C)(C)C)O1. The summed E-state index contributed by atoms with van der Waals surface area (Å²) in [5, 5.41) is 7.86. The number of alkyl halides is 3. The van der Waals surface area contributed by atoms with Crippen molar-refractivity contribution in [3.8, 4) is 0 Å². The molecule has 4 atom stereocenters. The lowest BCUT2D eigenvalue weighted by molar-refractivity contribution is -0.0663. The number of rotatable bonds is 4. The Labute approximate surface area is 149 Å². The highest BCUT2D eigenvalue weighted by molar-refractivity contribution is 6.76. The Bertz CT molecular complexity index is 421. The molecule has 0 spiro atoms. The van der Waals surface area contributed by atoms with Crippen molar-refractivity contribution in [3.05, 3.63) is 12.2 Å². The lowest BCUT2D eigenvalue weighted by atomic mass is 10.1. The summed E-state index contributed by atoms with van der Waals surface area (Å²) in [5.74, 6) is -0.420. The van der Waals surface area contributed by atoms with Crippen LogP contribution in [-0.4, -0.2) is 43.6 Å². The molecule has 0 fully saturated rings. The van der Waals surface area contributed by atoms with Gasteiger partial charge in [-0.25, -0.2) is 0 Å². The summed E-state index contributed by atoms with van der Waals surface area (Å²) in [6.07, 6.45) is 2.82. The quantitative estimate of drug-likeness (QED) is 0.258. The van der Waals surface area contributed by atoms with Gasteiger partial charge in [0.15, 0.2) is 9.04 Å². The molecule has 0 amide bonds. The van der Waals surface area contributed by atoms with Crippen LogP contribution in [0.5, 0.6) is 0 Å². The van der Waals surface area contributed by atoms with Crippen molar-refractivity contribution in [1.29, 1.82) is 5.41 Å². The lowest BCUT2D eigenvalue weighted by Gasteiger charge is -2.34. The number of hydrogen-bond acceptors (Lipinski definition) is 4. The maximum atomic E-state index is 7.69. The van der Waals surface area contributed by atoms with E-state index in [1.165, 1.54) is 0 Å². The van der Waals surface area contributed by atoms with E-state index in [1.807, 2.05) is 19.1 Å². The zero-order chi connectivity index (χ0) is 17.1. The molecule has 0 saturated heterocycles. The van der Waals surface area contributed by atoms with Crippen molar-refractivity contribution in [2.75, 3.05) is 6.61 Å². The van der Waals surface area contributed by atoms with Crippen LogP contribution in [0.1, 0.15) is 27.7 Å². The summed E-state index contributed by atoms with van der Waals surface area (Å²) in [4.78, 5) is 0. The molecule has 0 aromatic heterocycles. The van der Waals surface area contributed by atoms with Gasteiger partial charge in [-0.15, -0.1) is 0 Å². The molecule has 0 aromatic rings. The van der Waals surface area contributed by atoms with Gasteiger partial charge in [0.05, 0.1) is 12.7 Å². The van der Waals surface area contributed by atoms with Crippen LogP contribution in [0.3, 0.4) is 0 Å². The van der Waals surface area contributed by atoms with Crippen molar-refractivity contribution >= 4 is 49.7 Å². The average molecular weight is 389 g/mol. The van der Waals surface area contributed by atoms with Crippen molar-refractivity contribution in [3.63, 3.8) is 0 Å². The van der Waals surface area contributed by atoms with Gasteiger partial charge in [-0.3, -0.25) is 5.41 Å². The molecule has 1 rings (SSSR count). The average Bonchev–Trinajstić information content (AvgIpc) is 2.36. The van der Waals surface area contributed by atoms with Crippen molar-refractivity contribution < 1.29 is 13.9 Å². The standard InChI is InChI=1S/C14H24Cl3NO3Si/c1-9-6-7-10(21-12(18)14(15,16)17)11(20-9)8-19-22(5)13(2,3)4/h6-7,9-11,18,22H,8H2,1-5H3/t9-,10+,11-,22?/m1/s1. The maximum absolute atomic E-state index is 7.69. The van der Waals surface area contributed by atoms with Crippen molar-refractivity contribution in [1.82, 2.24) is 0 Å². The van der Waals surface area contributed by atoms with Gasteiger partial charge in [0.1, 0.15) is 12.2 Å². The van der Waals surface area contributed by atoms with E-state index in [9.17, 15) is 0 Å². The highest BCUT2D eigenvalue weighted by Crippen LogP contribution is 2.31. The van der Waals surface area contributed by atoms with E-state index < -0.39 is 24.8 Å². The first kappa shape index (κ1) is 20.3. The summed E-state index contributed by atoms with van der Waals surface area (Å²) in [6, 6.07) is 0. The van der Waals surface area contributed by atoms with Gasteiger partial charge in [-0.1, -0.05) is 61.7 Å². The second kappa shape index (κ2) is 7.86. The third-order valence-electron chi connectivity index (χ3n) is 3.57. The Hall–Kier alpha value is 0.217. The van der Waals surface area contributed by atoms with Crippen LogP contribution in [0.2, 0.25) is 11.6 Å². The van der Waals surface area contributed by atoms with Gasteiger partial charge in [0, 0.05) is 0 Å². The Morgan fingerprint density at radius 3 is 2.36 bits per heavy atom. The minimum atomic E-state index is -1.88. The minimum Gasteiger partial charge on any atom is -0.468 e. The van der Waals surface area contributed by atoms with E-state index in [2.05, 4.69) is 27.3 Å². The molecule has 1 heterocycles. The van der Waals surface area contributed by atoms with Gasteiger partial charge in [0.25, 0.3) is 3.79 Å². The molecule has 1 N–H and O–H groups in total. The van der Waals surface area contributed by atoms with E-state index in [0.29, 0.717) is 6.61 Å². The molecule has 128 valence electrons. The molecule has 22 heavy (non-hydrogen) atoms. The van der Waals surface area contributed by atoms with E-state index in [4.69, 9.17) is 54.1 Å². The maximum Gasteiger partial charge on any atom is 0.265 e. The van der Waals surface area contributed by atoms with Crippen LogP contribution < -0.4 is 0 Å². The first-order chi connectivity index (χ1) is 9.91. The molecule has 8 heteroatoms. The van der Waals surface area contributed by atoms with Gasteiger partial charge in [-0.05, 0) is 24.6 Å². The molecule has 0 aliphatic carbocycles. The summed E-state index contributed by atoms with van der Waals surface area (Å²) in [6.45, 7) is 11.0. The van der Waals surface area contributed by atoms with Crippen LogP contribution in [0, 0.1) is 5.41 Å². The fraction of sp³-hybridized carbons (Fsp3) is 0.786. The second-order valence-corrected chi connectivity index (χ2v) is 12.1. The summed E-state index contributed by atoms with van der Waals surface area (Å²) in [7, 11) is -1.37. The Balaban J connectivity index is 2.69. The van der Waals surface area contributed by atoms with E-state index in [-0.39, 0.29) is 17.2 Å². The van der Waals surface area contributed by atoms with E-state index in [0.717, 1.165) is 0 Å². The number of hydrogen-bond donors (Lipinski definition) is 1. The van der Waals surface area contributed by atoms with Crippen LogP contribution >= 0.6 is 34.8 Å². The van der Waals surface area contributed by atoms with E-state index in [1.54, 1.807) is 0 Å². The normalized spacial score (nSPS) is 27.5. The van der Waals surface area contributed by atoms with Gasteiger partial charge >= 0.3 is 0 Å². The van der Waals surface area contributed by atoms with Crippen LogP contribution in [0.15, 0.2) is 12.2 Å². The molecular weight excluding hydrogens is 365 g/mol. The first-order valence-electron chi connectivity index (χ1n) is 7.19. The predicted molar refractivity (Wildman–Crippen MR) is 95.0 cm³/mol. The molecule has 0 bridgehead atoms. The third-order valence-corrected chi connectivity index (χ3v) is 7.22. The third kappa shape index (κ3) is 6.38. The molecule has 0 aromatic carbocycles. The monoisotopic (exact) mass is 387 g/mol. The molecule has 1 aliphatic rings. The Kier molecular flexibility index (Phi) is 7.24. The molecule has 0 radical (unpaired) electrons. The van der Waals surface area contributed by atoms with Crippen LogP contribution in [0.25, 0.3) is 0 Å². The number of nitrogens with one attached hydrogen (secondary N) is 1. The Morgan fingerprint density at radius 2 is 1.86 bits per heavy atom. The van der Waals surface area contributed by atoms with Gasteiger partial charge < -0.3 is 13.9 Å². The Morgan fingerprint density at radius 1 is 1.27 bits per heavy atom. The predicted octanol–water partition coefficient (Wildman–Crippen LogP) is 4.23. The first-order valence-corrected chi connectivity index (χ1v) is 10.5. The lowest BCUT2D eigenvalue weighted by Crippen LogP contribution is -2.43. The fourth-order valence-corrected chi connectivity index (χ4v) is 2.84. The van der Waals surface area contributed by atoms with Crippen molar-refractivity contribution in [2.24, 2.45) is 0 Å². The number of ether oxygens (including phenoxy) is 2. The zero-order valence-corrected chi connectivity index (χ0v) is 17.0. The smallest absolute Gasteiger partial charge is 0.265 e.